The third-order valence-electron chi connectivity index (χ3n) is 4.11. The zero-order chi connectivity index (χ0) is 17.4. The number of hydrogen-bond acceptors (Lipinski definition) is 6. The number of quaternary nitrogens is 1. The summed E-state index contributed by atoms with van der Waals surface area (Å²) in [6.07, 6.45) is 6.35. The van der Waals surface area contributed by atoms with E-state index < -0.39 is 6.16 Å². The molecule has 7 nitrogen and oxygen atoms in total. The van der Waals surface area contributed by atoms with Crippen LogP contribution in [0, 0.1) is 0 Å². The van der Waals surface area contributed by atoms with E-state index in [0.29, 0.717) is 23.5 Å². The lowest BCUT2D eigenvalue weighted by Gasteiger charge is -2.36. The number of rotatable bonds is 9. The number of aromatic nitrogens is 2. The van der Waals surface area contributed by atoms with E-state index in [4.69, 9.17) is 14.6 Å². The largest absolute Gasteiger partial charge is 1.00 e. The minimum absolute atomic E-state index is 0. The molecule has 25 heavy (non-hydrogen) atoms. The summed E-state index contributed by atoms with van der Waals surface area (Å²) < 4.78 is 19.7. The number of halogens is 1. The molecule has 0 bridgehead atoms. The predicted molar refractivity (Wildman–Crippen MR) is 92.0 cm³/mol. The van der Waals surface area contributed by atoms with Crippen molar-refractivity contribution in [2.75, 3.05) is 33.5 Å². The molecule has 0 saturated heterocycles. The summed E-state index contributed by atoms with van der Waals surface area (Å²) in [4.78, 5) is 10.7. The lowest BCUT2D eigenvalue weighted by Crippen LogP contribution is -3.00. The molecule has 1 aromatic rings. The third kappa shape index (κ3) is 6.80. The third-order valence-corrected chi connectivity index (χ3v) is 4.62. The number of likely N-dealkylation sites (N-methyl/N-ethyl adjacent to an activating group) is 1. The van der Waals surface area contributed by atoms with Crippen molar-refractivity contribution in [2.24, 2.45) is 0 Å². The molecule has 2 rings (SSSR count). The number of nitrogens with zero attached hydrogens (tertiary/aromatic N) is 3. The van der Waals surface area contributed by atoms with Gasteiger partial charge in [-0.15, -0.1) is 4.37 Å². The van der Waals surface area contributed by atoms with E-state index in [0.717, 1.165) is 48.8 Å². The second-order valence-electron chi connectivity index (χ2n) is 6.39. The van der Waals surface area contributed by atoms with E-state index in [9.17, 15) is 4.79 Å². The van der Waals surface area contributed by atoms with Crippen molar-refractivity contribution >= 4 is 23.5 Å². The molecular formula is C16H26ClN3O4S. The highest BCUT2D eigenvalue weighted by Crippen LogP contribution is 2.29. The van der Waals surface area contributed by atoms with Gasteiger partial charge in [0.2, 0.25) is 6.73 Å². The van der Waals surface area contributed by atoms with Gasteiger partial charge in [0.05, 0.1) is 31.9 Å². The average molecular weight is 392 g/mol. The minimum Gasteiger partial charge on any atom is -1.00 e. The molecule has 1 aliphatic rings. The monoisotopic (exact) mass is 391 g/mol. The smallest absolute Gasteiger partial charge is 0.510 e. The van der Waals surface area contributed by atoms with Gasteiger partial charge in [-0.25, -0.2) is 4.79 Å². The van der Waals surface area contributed by atoms with Gasteiger partial charge in [0, 0.05) is 12.0 Å². The number of hydrogen-bond donors (Lipinski definition) is 1. The van der Waals surface area contributed by atoms with E-state index in [1.807, 2.05) is 7.05 Å². The Morgan fingerprint density at radius 3 is 2.88 bits per heavy atom. The van der Waals surface area contributed by atoms with Crippen molar-refractivity contribution < 1.29 is 36.3 Å². The van der Waals surface area contributed by atoms with Gasteiger partial charge >= 0.3 is 6.16 Å². The van der Waals surface area contributed by atoms with Crippen LogP contribution in [0.1, 0.15) is 44.7 Å². The highest BCUT2D eigenvalue weighted by atomic mass is 35.5. The zero-order valence-electron chi connectivity index (χ0n) is 14.7. The normalized spacial score (nSPS) is 19.7. The van der Waals surface area contributed by atoms with E-state index in [1.165, 1.54) is 12.8 Å². The highest BCUT2D eigenvalue weighted by Gasteiger charge is 2.31. The van der Waals surface area contributed by atoms with Crippen molar-refractivity contribution in [3.8, 4) is 5.88 Å². The Hall–Kier alpha value is -1.38. The molecule has 0 saturated carbocycles. The summed E-state index contributed by atoms with van der Waals surface area (Å²) in [7, 11) is 1.99. The predicted octanol–water partition coefficient (Wildman–Crippen LogP) is 0.387. The van der Waals surface area contributed by atoms with E-state index in [1.54, 1.807) is 0 Å². The van der Waals surface area contributed by atoms with Crippen molar-refractivity contribution in [2.45, 2.75) is 39.0 Å². The summed E-state index contributed by atoms with van der Waals surface area (Å²) >= 11 is 1.15. The summed E-state index contributed by atoms with van der Waals surface area (Å²) in [5.41, 5.74) is 1.84. The molecule has 142 valence electrons. The van der Waals surface area contributed by atoms with Gasteiger partial charge in [-0.1, -0.05) is 32.3 Å². The molecule has 0 aliphatic carbocycles. The highest BCUT2D eigenvalue weighted by molar-refractivity contribution is 6.99. The van der Waals surface area contributed by atoms with Crippen LogP contribution in [0.25, 0.3) is 5.57 Å². The molecule has 1 aromatic heterocycles. The second kappa shape index (κ2) is 10.6. The molecule has 0 fully saturated rings. The van der Waals surface area contributed by atoms with Crippen LogP contribution in [0.2, 0.25) is 0 Å². The zero-order valence-corrected chi connectivity index (χ0v) is 16.3. The second-order valence-corrected chi connectivity index (χ2v) is 6.91. The Bertz CT molecular complexity index is 581. The first kappa shape index (κ1) is 21.7. The molecular weight excluding hydrogens is 366 g/mol. The fourth-order valence-corrected chi connectivity index (χ4v) is 3.30. The van der Waals surface area contributed by atoms with Gasteiger partial charge < -0.3 is 27.0 Å². The molecule has 9 heteroatoms. The minimum atomic E-state index is -1.24. The number of unbranched alkanes of at least 4 members (excludes halogenated alkanes) is 3. The van der Waals surface area contributed by atoms with Crippen molar-refractivity contribution in [3.63, 3.8) is 0 Å². The summed E-state index contributed by atoms with van der Waals surface area (Å²) in [6.45, 7) is 4.46. The van der Waals surface area contributed by atoms with Crippen LogP contribution in [0.4, 0.5) is 4.79 Å². The molecule has 1 unspecified atom stereocenters. The van der Waals surface area contributed by atoms with E-state index in [2.05, 4.69) is 21.7 Å². The molecule has 0 aromatic carbocycles. The fourth-order valence-electron chi connectivity index (χ4n) is 2.77. The molecule has 1 atom stereocenters. The Morgan fingerprint density at radius 2 is 2.16 bits per heavy atom. The van der Waals surface area contributed by atoms with Gasteiger partial charge in [-0.3, -0.25) is 4.48 Å². The van der Waals surface area contributed by atoms with Crippen LogP contribution in [0.5, 0.6) is 5.88 Å². The lowest BCUT2D eigenvalue weighted by atomic mass is 10.1. The van der Waals surface area contributed by atoms with Gasteiger partial charge in [-0.05, 0) is 6.42 Å². The van der Waals surface area contributed by atoms with Crippen LogP contribution in [-0.4, -0.2) is 58.0 Å². The first-order valence-corrected chi connectivity index (χ1v) is 9.11. The van der Waals surface area contributed by atoms with E-state index in [-0.39, 0.29) is 19.1 Å². The van der Waals surface area contributed by atoms with Crippen LogP contribution < -0.4 is 17.1 Å². The van der Waals surface area contributed by atoms with Crippen molar-refractivity contribution in [3.05, 3.63) is 11.8 Å². The SMILES string of the molecule is CCCCCCOc1nsnc1C1=CCC[N+](C)(COC(=O)O)C1.[Cl-]. The Morgan fingerprint density at radius 1 is 1.36 bits per heavy atom. The van der Waals surface area contributed by atoms with E-state index >= 15 is 0 Å². The standard InChI is InChI=1S/C16H25N3O4S.ClH/c1-3-4-5-6-10-22-15-14(17-24-18-15)13-8-7-9-19(2,11-13)12-23-16(20)21;/h8H,3-7,9-12H2,1-2H3;1H. The molecule has 1 N–H and O–H groups in total. The summed E-state index contributed by atoms with van der Waals surface area (Å²) in [5, 5.41) is 8.72. The fraction of sp³-hybridized carbons (Fsp3) is 0.688. The maximum absolute atomic E-state index is 10.7. The first-order chi connectivity index (χ1) is 11.5. The molecule has 1 aliphatic heterocycles. The van der Waals surface area contributed by atoms with Crippen LogP contribution in [0.3, 0.4) is 0 Å². The number of ether oxygens (including phenoxy) is 2. The molecule has 0 amide bonds. The lowest BCUT2D eigenvalue weighted by molar-refractivity contribution is -0.919. The topological polar surface area (TPSA) is 81.5 Å². The Kier molecular flexibility index (Phi) is 9.16. The summed E-state index contributed by atoms with van der Waals surface area (Å²) in [6, 6.07) is 0. The Labute approximate surface area is 159 Å². The molecule has 0 spiro atoms. The van der Waals surface area contributed by atoms with Gasteiger partial charge in [0.25, 0.3) is 5.88 Å². The van der Waals surface area contributed by atoms with Crippen LogP contribution in [0.15, 0.2) is 6.08 Å². The maximum atomic E-state index is 10.7. The quantitative estimate of drug-likeness (QED) is 0.372. The molecule has 0 radical (unpaired) electrons. The summed E-state index contributed by atoms with van der Waals surface area (Å²) in [5.74, 6) is 0.593. The van der Waals surface area contributed by atoms with Crippen molar-refractivity contribution in [1.29, 1.82) is 0 Å². The van der Waals surface area contributed by atoms with Crippen LogP contribution >= 0.6 is 11.7 Å². The average Bonchev–Trinajstić information content (AvgIpc) is 3.01. The number of carbonyl (C=O) groups is 1. The van der Waals surface area contributed by atoms with Gasteiger partial charge in [0.15, 0.2) is 0 Å². The Balaban J connectivity index is 0.00000312. The van der Waals surface area contributed by atoms with Gasteiger partial charge in [0.1, 0.15) is 12.2 Å². The number of carboxylic acid groups (broad SMARTS) is 1. The van der Waals surface area contributed by atoms with Crippen molar-refractivity contribution in [1.82, 2.24) is 8.75 Å². The van der Waals surface area contributed by atoms with Gasteiger partial charge in [-0.2, -0.15) is 4.37 Å². The van der Waals surface area contributed by atoms with Crippen LogP contribution in [-0.2, 0) is 4.74 Å². The molecule has 2 heterocycles. The maximum Gasteiger partial charge on any atom is 0.510 e. The first-order valence-electron chi connectivity index (χ1n) is 8.38.